The Hall–Kier alpha value is -3.21. The van der Waals surface area contributed by atoms with Crippen LogP contribution < -0.4 is 4.74 Å². The van der Waals surface area contributed by atoms with Crippen molar-refractivity contribution in [3.05, 3.63) is 95.1 Å². The lowest BCUT2D eigenvalue weighted by Crippen LogP contribution is -2.19. The second-order valence-corrected chi connectivity index (χ2v) is 8.86. The number of ketones is 1. The second kappa shape index (κ2) is 11.6. The maximum Gasteiger partial charge on any atom is 0.186 e. The van der Waals surface area contributed by atoms with E-state index in [9.17, 15) is 4.79 Å². The van der Waals surface area contributed by atoms with Crippen LogP contribution in [-0.2, 0) is 6.54 Å². The van der Waals surface area contributed by atoms with Gasteiger partial charge in [-0.2, -0.15) is 0 Å². The van der Waals surface area contributed by atoms with Crippen molar-refractivity contribution in [2.75, 3.05) is 41.3 Å². The van der Waals surface area contributed by atoms with Gasteiger partial charge in [-0.15, -0.1) is 0 Å². The van der Waals surface area contributed by atoms with Gasteiger partial charge < -0.3 is 14.5 Å². The highest BCUT2D eigenvalue weighted by atomic mass is 16.5. The summed E-state index contributed by atoms with van der Waals surface area (Å²) in [6.45, 7) is 4.20. The molecule has 3 aromatic carbocycles. The zero-order valence-corrected chi connectivity index (χ0v) is 20.3. The summed E-state index contributed by atoms with van der Waals surface area (Å²) in [4.78, 5) is 17.2. The SMILES string of the molecule is Cc1ccc(-c2ccc(OCCN(C)C)c(C=CC(=O)c3ccccc3CN(C)C)c2)cc1. The Morgan fingerprint density at radius 3 is 2.27 bits per heavy atom. The van der Waals surface area contributed by atoms with Crippen molar-refractivity contribution >= 4 is 11.9 Å². The molecule has 0 aromatic heterocycles. The van der Waals surface area contributed by atoms with Crippen molar-refractivity contribution in [1.82, 2.24) is 9.80 Å². The van der Waals surface area contributed by atoms with E-state index in [1.165, 1.54) is 5.56 Å². The number of benzene rings is 3. The summed E-state index contributed by atoms with van der Waals surface area (Å²) in [7, 11) is 8.05. The number of ether oxygens (including phenoxy) is 1. The lowest BCUT2D eigenvalue weighted by Gasteiger charge is -2.14. The molecular weight excluding hydrogens is 408 g/mol. The quantitative estimate of drug-likeness (QED) is 0.304. The zero-order chi connectivity index (χ0) is 23.8. The minimum absolute atomic E-state index is 0.00701. The molecule has 0 aliphatic heterocycles. The summed E-state index contributed by atoms with van der Waals surface area (Å²) in [5, 5.41) is 0. The molecule has 0 aliphatic rings. The van der Waals surface area contributed by atoms with Gasteiger partial charge in [0, 0.05) is 24.2 Å². The number of rotatable bonds is 10. The van der Waals surface area contributed by atoms with E-state index in [1.807, 2.05) is 64.6 Å². The van der Waals surface area contributed by atoms with Gasteiger partial charge in [0.25, 0.3) is 0 Å². The Morgan fingerprint density at radius 1 is 0.879 bits per heavy atom. The van der Waals surface area contributed by atoms with Crippen LogP contribution in [0, 0.1) is 6.92 Å². The van der Waals surface area contributed by atoms with Crippen LogP contribution in [0.15, 0.2) is 72.8 Å². The first kappa shape index (κ1) is 24.4. The third-order valence-corrected chi connectivity index (χ3v) is 5.37. The Bertz CT molecular complexity index is 1100. The molecule has 0 spiro atoms. The Labute approximate surface area is 198 Å². The number of carbonyl (C=O) groups is 1. The third kappa shape index (κ3) is 7.14. The number of nitrogens with zero attached hydrogens (tertiary/aromatic N) is 2. The van der Waals surface area contributed by atoms with Gasteiger partial charge in [0.05, 0.1) is 0 Å². The van der Waals surface area contributed by atoms with Crippen LogP contribution >= 0.6 is 0 Å². The van der Waals surface area contributed by atoms with E-state index in [2.05, 4.69) is 53.1 Å². The first-order valence-corrected chi connectivity index (χ1v) is 11.3. The topological polar surface area (TPSA) is 32.8 Å². The van der Waals surface area contributed by atoms with Crippen LogP contribution in [-0.4, -0.2) is 56.9 Å². The van der Waals surface area contributed by atoms with Gasteiger partial charge in [-0.1, -0.05) is 60.2 Å². The minimum atomic E-state index is -0.00701. The molecule has 0 saturated heterocycles. The first-order valence-electron chi connectivity index (χ1n) is 11.3. The van der Waals surface area contributed by atoms with E-state index >= 15 is 0 Å². The largest absolute Gasteiger partial charge is 0.492 e. The zero-order valence-electron chi connectivity index (χ0n) is 20.3. The lowest BCUT2D eigenvalue weighted by atomic mass is 9.99. The van der Waals surface area contributed by atoms with Gasteiger partial charge in [0.2, 0.25) is 0 Å². The Balaban J connectivity index is 1.91. The summed E-state index contributed by atoms with van der Waals surface area (Å²) in [6.07, 6.45) is 3.53. The fourth-order valence-electron chi connectivity index (χ4n) is 3.57. The second-order valence-electron chi connectivity index (χ2n) is 8.86. The van der Waals surface area contributed by atoms with Crippen molar-refractivity contribution in [2.24, 2.45) is 0 Å². The van der Waals surface area contributed by atoms with Gasteiger partial charge >= 0.3 is 0 Å². The summed E-state index contributed by atoms with van der Waals surface area (Å²) < 4.78 is 6.06. The van der Waals surface area contributed by atoms with E-state index < -0.39 is 0 Å². The molecule has 0 fully saturated rings. The van der Waals surface area contributed by atoms with Gasteiger partial charge in [-0.3, -0.25) is 4.79 Å². The summed E-state index contributed by atoms with van der Waals surface area (Å²) in [5.74, 6) is 0.769. The fraction of sp³-hybridized carbons (Fsp3) is 0.276. The van der Waals surface area contributed by atoms with E-state index in [0.717, 1.165) is 46.7 Å². The van der Waals surface area contributed by atoms with Crippen LogP contribution in [0.25, 0.3) is 17.2 Å². The molecule has 0 amide bonds. The minimum Gasteiger partial charge on any atom is -0.492 e. The van der Waals surface area contributed by atoms with Gasteiger partial charge in [-0.05, 0) is 76.1 Å². The van der Waals surface area contributed by atoms with E-state index in [4.69, 9.17) is 4.74 Å². The average molecular weight is 443 g/mol. The monoisotopic (exact) mass is 442 g/mol. The molecule has 0 N–H and O–H groups in total. The Kier molecular flexibility index (Phi) is 8.58. The van der Waals surface area contributed by atoms with Gasteiger partial charge in [0.1, 0.15) is 12.4 Å². The molecule has 33 heavy (non-hydrogen) atoms. The summed E-state index contributed by atoms with van der Waals surface area (Å²) >= 11 is 0. The number of allylic oxidation sites excluding steroid dienone is 1. The normalized spacial score (nSPS) is 11.5. The number of aryl methyl sites for hydroxylation is 1. The number of likely N-dealkylation sites (N-methyl/N-ethyl adjacent to an activating group) is 1. The maximum absolute atomic E-state index is 13.1. The van der Waals surface area contributed by atoms with Crippen LogP contribution in [0.3, 0.4) is 0 Å². The smallest absolute Gasteiger partial charge is 0.186 e. The summed E-state index contributed by atoms with van der Waals surface area (Å²) in [5.41, 5.74) is 6.10. The predicted octanol–water partition coefficient (Wildman–Crippen LogP) is 5.56. The fourth-order valence-corrected chi connectivity index (χ4v) is 3.57. The van der Waals surface area contributed by atoms with E-state index in [-0.39, 0.29) is 5.78 Å². The maximum atomic E-state index is 13.1. The predicted molar refractivity (Wildman–Crippen MR) is 138 cm³/mol. The first-order chi connectivity index (χ1) is 15.8. The van der Waals surface area contributed by atoms with Crippen molar-refractivity contribution in [3.8, 4) is 16.9 Å². The highest BCUT2D eigenvalue weighted by Crippen LogP contribution is 2.28. The van der Waals surface area contributed by atoms with Gasteiger partial charge in [-0.25, -0.2) is 0 Å². The molecule has 172 valence electrons. The molecule has 0 radical (unpaired) electrons. The van der Waals surface area contributed by atoms with Crippen molar-refractivity contribution in [1.29, 1.82) is 0 Å². The molecule has 3 rings (SSSR count). The number of hydrogen-bond donors (Lipinski definition) is 0. The van der Waals surface area contributed by atoms with Crippen molar-refractivity contribution in [2.45, 2.75) is 13.5 Å². The molecule has 0 bridgehead atoms. The van der Waals surface area contributed by atoms with E-state index in [1.54, 1.807) is 6.08 Å². The van der Waals surface area contributed by atoms with E-state index in [0.29, 0.717) is 6.61 Å². The molecule has 3 aromatic rings. The van der Waals surface area contributed by atoms with Gasteiger partial charge in [0.15, 0.2) is 5.78 Å². The molecule has 0 heterocycles. The van der Waals surface area contributed by atoms with Crippen LogP contribution in [0.1, 0.15) is 27.0 Å². The molecule has 0 aliphatic carbocycles. The molecule has 0 unspecified atom stereocenters. The summed E-state index contributed by atoms with van der Waals surface area (Å²) in [6, 6.07) is 22.4. The number of carbonyl (C=O) groups excluding carboxylic acids is 1. The van der Waals surface area contributed by atoms with Crippen LogP contribution in [0.5, 0.6) is 5.75 Å². The molecule has 0 atom stereocenters. The number of hydrogen-bond acceptors (Lipinski definition) is 4. The van der Waals surface area contributed by atoms with Crippen LogP contribution in [0.4, 0.5) is 0 Å². The average Bonchev–Trinajstić information content (AvgIpc) is 2.78. The third-order valence-electron chi connectivity index (χ3n) is 5.37. The highest BCUT2D eigenvalue weighted by molar-refractivity contribution is 6.08. The van der Waals surface area contributed by atoms with Crippen molar-refractivity contribution < 1.29 is 9.53 Å². The molecule has 0 saturated carbocycles. The standard InChI is InChI=1S/C29H34N2O2/c1-22-10-12-23(13-11-22)24-15-17-29(33-19-18-30(2)3)25(20-24)14-16-28(32)27-9-7-6-8-26(27)21-31(4)5/h6-17,20H,18-19,21H2,1-5H3. The molecule has 4 nitrogen and oxygen atoms in total. The lowest BCUT2D eigenvalue weighted by molar-refractivity contribution is 0.104. The van der Waals surface area contributed by atoms with Crippen molar-refractivity contribution in [3.63, 3.8) is 0 Å². The highest BCUT2D eigenvalue weighted by Gasteiger charge is 2.10. The molecule has 4 heteroatoms. The van der Waals surface area contributed by atoms with Crippen LogP contribution in [0.2, 0.25) is 0 Å². The Morgan fingerprint density at radius 2 is 1.58 bits per heavy atom. The molecular formula is C29H34N2O2.